The van der Waals surface area contributed by atoms with Crippen molar-refractivity contribution < 1.29 is 28.7 Å². The van der Waals surface area contributed by atoms with Crippen molar-refractivity contribution in [3.05, 3.63) is 59.2 Å². The van der Waals surface area contributed by atoms with Gasteiger partial charge < -0.3 is 19.7 Å². The van der Waals surface area contributed by atoms with Crippen LogP contribution >= 0.6 is 0 Å². The molecule has 8 heteroatoms. The first-order chi connectivity index (χ1) is 16.1. The third-order valence-electron chi connectivity index (χ3n) is 5.56. The van der Waals surface area contributed by atoms with Crippen LogP contribution in [0.5, 0.6) is 0 Å². The van der Waals surface area contributed by atoms with Crippen LogP contribution in [0.3, 0.4) is 0 Å². The van der Waals surface area contributed by atoms with Gasteiger partial charge in [0, 0.05) is 24.3 Å². The van der Waals surface area contributed by atoms with E-state index in [4.69, 9.17) is 9.47 Å². The predicted octanol–water partition coefficient (Wildman–Crippen LogP) is 3.65. The number of ether oxygens (including phenoxy) is 2. The summed E-state index contributed by atoms with van der Waals surface area (Å²) in [6.45, 7) is 7.94. The molecule has 0 saturated carbocycles. The fourth-order valence-corrected chi connectivity index (χ4v) is 3.48. The Kier molecular flexibility index (Phi) is 8.04. The van der Waals surface area contributed by atoms with Crippen LogP contribution in [0.1, 0.15) is 41.8 Å². The molecular formula is C26H30N2O6. The van der Waals surface area contributed by atoms with Crippen LogP contribution < -0.4 is 10.2 Å². The molecule has 1 aliphatic rings. The normalized spacial score (nSPS) is 15.4. The Morgan fingerprint density at radius 3 is 2.38 bits per heavy atom. The van der Waals surface area contributed by atoms with Gasteiger partial charge in [0.15, 0.2) is 6.61 Å². The average Bonchev–Trinajstić information content (AvgIpc) is 3.19. The van der Waals surface area contributed by atoms with Gasteiger partial charge in [-0.2, -0.15) is 0 Å². The minimum atomic E-state index is -0.627. The quantitative estimate of drug-likeness (QED) is 0.596. The summed E-state index contributed by atoms with van der Waals surface area (Å²) in [5.41, 5.74) is 3.77. The maximum Gasteiger partial charge on any atom is 0.338 e. The molecule has 1 aliphatic heterocycles. The molecule has 0 radical (unpaired) electrons. The van der Waals surface area contributed by atoms with Crippen molar-refractivity contribution in [2.75, 3.05) is 30.0 Å². The molecule has 0 unspecified atom stereocenters. The Morgan fingerprint density at radius 1 is 1.03 bits per heavy atom. The Labute approximate surface area is 199 Å². The van der Waals surface area contributed by atoms with Gasteiger partial charge in [0.05, 0.1) is 18.1 Å². The number of carbonyl (C=O) groups excluding carboxylic acids is 4. The summed E-state index contributed by atoms with van der Waals surface area (Å²) in [6.07, 6.45) is 0.0434. The van der Waals surface area contributed by atoms with Gasteiger partial charge in [-0.3, -0.25) is 14.4 Å². The van der Waals surface area contributed by atoms with Crippen molar-refractivity contribution in [2.45, 2.75) is 34.1 Å². The summed E-state index contributed by atoms with van der Waals surface area (Å²) in [5, 5.41) is 2.61. The van der Waals surface area contributed by atoms with Crippen LogP contribution in [0, 0.1) is 25.7 Å². The van der Waals surface area contributed by atoms with E-state index in [9.17, 15) is 19.2 Å². The number of hydrogen-bond donors (Lipinski definition) is 1. The molecule has 1 saturated heterocycles. The first-order valence-corrected chi connectivity index (χ1v) is 11.3. The van der Waals surface area contributed by atoms with Gasteiger partial charge in [0.1, 0.15) is 0 Å². The molecule has 0 aromatic heterocycles. The summed E-state index contributed by atoms with van der Waals surface area (Å²) < 4.78 is 10.3. The van der Waals surface area contributed by atoms with Gasteiger partial charge in [-0.05, 0) is 67.3 Å². The van der Waals surface area contributed by atoms with Crippen LogP contribution in [0.2, 0.25) is 0 Å². The maximum absolute atomic E-state index is 12.4. The lowest BCUT2D eigenvalue weighted by Gasteiger charge is -2.17. The molecule has 3 rings (SSSR count). The fourth-order valence-electron chi connectivity index (χ4n) is 3.48. The summed E-state index contributed by atoms with van der Waals surface area (Å²) in [7, 11) is 0. The molecular weight excluding hydrogens is 436 g/mol. The Balaban J connectivity index is 1.47. The molecule has 2 amide bonds. The largest absolute Gasteiger partial charge is 0.462 e. The standard InChI is InChI=1S/C26H30N2O6/c1-16(2)14-33-25(31)19-6-8-21(9-7-19)27-23(29)15-34-26(32)20-12-24(30)28(13-20)22-10-5-17(3)18(4)11-22/h5-11,16,20H,12-15H2,1-4H3,(H,27,29)/t20-/m1/s1. The number of amides is 2. The van der Waals surface area contributed by atoms with E-state index in [1.54, 1.807) is 29.2 Å². The molecule has 8 nitrogen and oxygen atoms in total. The number of benzene rings is 2. The molecule has 0 spiro atoms. The zero-order chi connectivity index (χ0) is 24.8. The van der Waals surface area contributed by atoms with Crippen molar-refractivity contribution in [1.29, 1.82) is 0 Å². The predicted molar refractivity (Wildman–Crippen MR) is 128 cm³/mol. The van der Waals surface area contributed by atoms with Gasteiger partial charge in [0.2, 0.25) is 5.91 Å². The van der Waals surface area contributed by atoms with Crippen LogP contribution in [-0.4, -0.2) is 43.5 Å². The molecule has 2 aromatic rings. The number of rotatable bonds is 8. The zero-order valence-electron chi connectivity index (χ0n) is 19.9. The van der Waals surface area contributed by atoms with Crippen molar-refractivity contribution in [1.82, 2.24) is 0 Å². The second-order valence-electron chi connectivity index (χ2n) is 8.90. The fraction of sp³-hybridized carbons (Fsp3) is 0.385. The number of carbonyl (C=O) groups is 4. The van der Waals surface area contributed by atoms with Crippen LogP contribution in [-0.2, 0) is 23.9 Å². The number of esters is 2. The molecule has 1 fully saturated rings. The lowest BCUT2D eigenvalue weighted by molar-refractivity contribution is -0.151. The number of nitrogens with one attached hydrogen (secondary N) is 1. The summed E-state index contributed by atoms with van der Waals surface area (Å²) in [6, 6.07) is 12.0. The second kappa shape index (κ2) is 11.0. The minimum Gasteiger partial charge on any atom is -0.462 e. The Hall–Kier alpha value is -3.68. The molecule has 1 atom stereocenters. The number of nitrogens with zero attached hydrogens (tertiary/aromatic N) is 1. The van der Waals surface area contributed by atoms with E-state index >= 15 is 0 Å². The van der Waals surface area contributed by atoms with Crippen LogP contribution in [0.25, 0.3) is 0 Å². The molecule has 1 heterocycles. The maximum atomic E-state index is 12.4. The topological polar surface area (TPSA) is 102 Å². The SMILES string of the molecule is Cc1ccc(N2C[C@H](C(=O)OCC(=O)Nc3ccc(C(=O)OCC(C)C)cc3)CC2=O)cc1C. The monoisotopic (exact) mass is 466 g/mol. The van der Waals surface area contributed by atoms with Gasteiger partial charge in [-0.1, -0.05) is 19.9 Å². The van der Waals surface area contributed by atoms with Crippen molar-refractivity contribution in [3.8, 4) is 0 Å². The van der Waals surface area contributed by atoms with Gasteiger partial charge in [0.25, 0.3) is 5.91 Å². The highest BCUT2D eigenvalue weighted by Crippen LogP contribution is 2.27. The summed E-state index contributed by atoms with van der Waals surface area (Å²) in [5.74, 6) is -2.07. The van der Waals surface area contributed by atoms with E-state index in [0.29, 0.717) is 17.9 Å². The Morgan fingerprint density at radius 2 is 1.74 bits per heavy atom. The second-order valence-corrected chi connectivity index (χ2v) is 8.90. The smallest absolute Gasteiger partial charge is 0.338 e. The highest BCUT2D eigenvalue weighted by molar-refractivity contribution is 6.00. The van der Waals surface area contributed by atoms with E-state index in [-0.39, 0.29) is 24.8 Å². The highest BCUT2D eigenvalue weighted by atomic mass is 16.5. The first kappa shape index (κ1) is 25.0. The van der Waals surface area contributed by atoms with Crippen LogP contribution in [0.4, 0.5) is 11.4 Å². The zero-order valence-corrected chi connectivity index (χ0v) is 19.9. The van der Waals surface area contributed by atoms with Crippen molar-refractivity contribution in [2.24, 2.45) is 11.8 Å². The summed E-state index contributed by atoms with van der Waals surface area (Å²) in [4.78, 5) is 50.6. The molecule has 2 aromatic carbocycles. The molecule has 0 bridgehead atoms. The van der Waals surface area contributed by atoms with E-state index < -0.39 is 30.4 Å². The lowest BCUT2D eigenvalue weighted by Crippen LogP contribution is -2.28. The third kappa shape index (κ3) is 6.43. The van der Waals surface area contributed by atoms with Gasteiger partial charge in [-0.25, -0.2) is 4.79 Å². The first-order valence-electron chi connectivity index (χ1n) is 11.3. The Bertz CT molecular complexity index is 1080. The molecule has 34 heavy (non-hydrogen) atoms. The van der Waals surface area contributed by atoms with E-state index in [1.807, 2.05) is 45.9 Å². The molecule has 0 aliphatic carbocycles. The third-order valence-corrected chi connectivity index (χ3v) is 5.56. The van der Waals surface area contributed by atoms with Gasteiger partial charge in [-0.15, -0.1) is 0 Å². The molecule has 180 valence electrons. The number of aryl methyl sites for hydroxylation is 2. The average molecular weight is 467 g/mol. The van der Waals surface area contributed by atoms with E-state index in [2.05, 4.69) is 5.32 Å². The van der Waals surface area contributed by atoms with Crippen LogP contribution in [0.15, 0.2) is 42.5 Å². The number of hydrogen-bond acceptors (Lipinski definition) is 6. The highest BCUT2D eigenvalue weighted by Gasteiger charge is 2.36. The lowest BCUT2D eigenvalue weighted by atomic mass is 10.1. The molecule has 1 N–H and O–H groups in total. The van der Waals surface area contributed by atoms with Crippen molar-refractivity contribution in [3.63, 3.8) is 0 Å². The minimum absolute atomic E-state index is 0.0434. The summed E-state index contributed by atoms with van der Waals surface area (Å²) >= 11 is 0. The number of anilines is 2. The van der Waals surface area contributed by atoms with E-state index in [1.165, 1.54) is 0 Å². The van der Waals surface area contributed by atoms with Gasteiger partial charge >= 0.3 is 11.9 Å². The van der Waals surface area contributed by atoms with Crippen molar-refractivity contribution >= 4 is 35.1 Å². The van der Waals surface area contributed by atoms with E-state index in [0.717, 1.165) is 16.8 Å².